The van der Waals surface area contributed by atoms with Crippen molar-refractivity contribution in [2.45, 2.75) is 32.1 Å². The van der Waals surface area contributed by atoms with E-state index < -0.39 is 0 Å². The smallest absolute Gasteiger partial charge is 0.227 e. The first-order valence-electron chi connectivity index (χ1n) is 10.0. The summed E-state index contributed by atoms with van der Waals surface area (Å²) < 4.78 is 5.38. The SMILES string of the molecule is O=C(C1CCOCC1)N1CCN(c2ccnc(N3CCCCC3)n2)CC1. The maximum Gasteiger partial charge on any atom is 0.227 e. The zero-order valence-electron chi connectivity index (χ0n) is 15.5. The van der Waals surface area contributed by atoms with E-state index in [1.807, 2.05) is 17.2 Å². The minimum Gasteiger partial charge on any atom is -0.381 e. The third-order valence-corrected chi connectivity index (χ3v) is 5.75. The fraction of sp³-hybridized carbons (Fsp3) is 0.737. The van der Waals surface area contributed by atoms with E-state index in [2.05, 4.69) is 14.8 Å². The monoisotopic (exact) mass is 359 g/mol. The molecule has 0 N–H and O–H groups in total. The molecule has 3 aliphatic heterocycles. The van der Waals surface area contributed by atoms with Gasteiger partial charge in [0.2, 0.25) is 11.9 Å². The molecule has 1 amide bonds. The lowest BCUT2D eigenvalue weighted by atomic mass is 9.98. The summed E-state index contributed by atoms with van der Waals surface area (Å²) in [7, 11) is 0. The van der Waals surface area contributed by atoms with Crippen molar-refractivity contribution >= 4 is 17.7 Å². The molecule has 0 aliphatic carbocycles. The Kier molecular flexibility index (Phi) is 5.53. The molecule has 142 valence electrons. The summed E-state index contributed by atoms with van der Waals surface area (Å²) in [6, 6.07) is 1.99. The predicted octanol–water partition coefficient (Wildman–Crippen LogP) is 1.54. The second-order valence-corrected chi connectivity index (χ2v) is 7.46. The first-order chi connectivity index (χ1) is 12.8. The van der Waals surface area contributed by atoms with Crippen LogP contribution in [0.15, 0.2) is 12.3 Å². The molecular weight excluding hydrogens is 330 g/mol. The van der Waals surface area contributed by atoms with Crippen molar-refractivity contribution in [2.24, 2.45) is 5.92 Å². The number of piperidine rings is 1. The van der Waals surface area contributed by atoms with Gasteiger partial charge in [-0.1, -0.05) is 0 Å². The van der Waals surface area contributed by atoms with Gasteiger partial charge in [0.15, 0.2) is 0 Å². The van der Waals surface area contributed by atoms with Crippen LogP contribution in [-0.2, 0) is 9.53 Å². The van der Waals surface area contributed by atoms with Crippen LogP contribution in [0.5, 0.6) is 0 Å². The van der Waals surface area contributed by atoms with Gasteiger partial charge in [0, 0.05) is 64.6 Å². The Labute approximate surface area is 155 Å². The fourth-order valence-electron chi connectivity index (χ4n) is 4.12. The number of aromatic nitrogens is 2. The minimum absolute atomic E-state index is 0.153. The van der Waals surface area contributed by atoms with E-state index in [1.165, 1.54) is 19.3 Å². The molecule has 1 aromatic rings. The third-order valence-electron chi connectivity index (χ3n) is 5.75. The van der Waals surface area contributed by atoms with Crippen molar-refractivity contribution in [3.8, 4) is 0 Å². The van der Waals surface area contributed by atoms with Gasteiger partial charge in [-0.2, -0.15) is 4.98 Å². The van der Waals surface area contributed by atoms with Gasteiger partial charge in [-0.15, -0.1) is 0 Å². The van der Waals surface area contributed by atoms with Gasteiger partial charge < -0.3 is 19.4 Å². The minimum atomic E-state index is 0.153. The van der Waals surface area contributed by atoms with Crippen LogP contribution in [0.1, 0.15) is 32.1 Å². The number of hydrogen-bond acceptors (Lipinski definition) is 6. The molecule has 3 aliphatic rings. The predicted molar refractivity (Wildman–Crippen MR) is 100 cm³/mol. The van der Waals surface area contributed by atoms with Gasteiger partial charge in [0.05, 0.1) is 0 Å². The molecule has 0 saturated carbocycles. The maximum atomic E-state index is 12.7. The van der Waals surface area contributed by atoms with E-state index in [-0.39, 0.29) is 5.92 Å². The first-order valence-corrected chi connectivity index (χ1v) is 10.0. The number of piperazine rings is 1. The van der Waals surface area contributed by atoms with Gasteiger partial charge in [-0.05, 0) is 38.2 Å². The highest BCUT2D eigenvalue weighted by atomic mass is 16.5. The number of ether oxygens (including phenoxy) is 1. The van der Waals surface area contributed by atoms with Crippen molar-refractivity contribution in [1.82, 2.24) is 14.9 Å². The molecule has 4 rings (SSSR count). The van der Waals surface area contributed by atoms with Crippen LogP contribution in [0.25, 0.3) is 0 Å². The molecule has 4 heterocycles. The molecule has 7 nitrogen and oxygen atoms in total. The van der Waals surface area contributed by atoms with Gasteiger partial charge >= 0.3 is 0 Å². The van der Waals surface area contributed by atoms with Gasteiger partial charge in [-0.3, -0.25) is 4.79 Å². The Balaban J connectivity index is 1.35. The highest BCUT2D eigenvalue weighted by Gasteiger charge is 2.29. The van der Waals surface area contributed by atoms with Crippen LogP contribution in [0.2, 0.25) is 0 Å². The molecular formula is C19H29N5O2. The molecule has 0 bridgehead atoms. The zero-order valence-corrected chi connectivity index (χ0v) is 15.5. The second-order valence-electron chi connectivity index (χ2n) is 7.46. The highest BCUT2D eigenvalue weighted by Crippen LogP contribution is 2.22. The number of nitrogens with zero attached hydrogens (tertiary/aromatic N) is 5. The summed E-state index contributed by atoms with van der Waals surface area (Å²) in [5, 5.41) is 0. The summed E-state index contributed by atoms with van der Waals surface area (Å²) in [5.41, 5.74) is 0. The van der Waals surface area contributed by atoms with E-state index in [0.29, 0.717) is 5.91 Å². The largest absolute Gasteiger partial charge is 0.381 e. The lowest BCUT2D eigenvalue weighted by molar-refractivity contribution is -0.138. The van der Waals surface area contributed by atoms with Crippen LogP contribution in [0.4, 0.5) is 11.8 Å². The van der Waals surface area contributed by atoms with E-state index in [0.717, 1.165) is 77.1 Å². The Morgan fingerprint density at radius 3 is 2.42 bits per heavy atom. The van der Waals surface area contributed by atoms with Crippen molar-refractivity contribution < 1.29 is 9.53 Å². The average molecular weight is 359 g/mol. The summed E-state index contributed by atoms with van der Waals surface area (Å²) in [6.07, 6.45) is 7.35. The Bertz CT molecular complexity index is 606. The molecule has 1 aromatic heterocycles. The van der Waals surface area contributed by atoms with Gasteiger partial charge in [0.1, 0.15) is 5.82 Å². The van der Waals surface area contributed by atoms with E-state index in [9.17, 15) is 4.79 Å². The van der Waals surface area contributed by atoms with Gasteiger partial charge in [0.25, 0.3) is 0 Å². The normalized spacial score (nSPS) is 22.5. The van der Waals surface area contributed by atoms with Crippen molar-refractivity contribution in [2.75, 3.05) is 62.3 Å². The first kappa shape index (κ1) is 17.5. The van der Waals surface area contributed by atoms with Crippen LogP contribution < -0.4 is 9.80 Å². The number of amides is 1. The summed E-state index contributed by atoms with van der Waals surface area (Å²) in [6.45, 7) is 6.77. The summed E-state index contributed by atoms with van der Waals surface area (Å²) in [4.78, 5) is 28.5. The number of carbonyl (C=O) groups excluding carboxylic acids is 1. The quantitative estimate of drug-likeness (QED) is 0.816. The van der Waals surface area contributed by atoms with E-state index in [1.54, 1.807) is 0 Å². The Morgan fingerprint density at radius 2 is 1.69 bits per heavy atom. The van der Waals surface area contributed by atoms with E-state index in [4.69, 9.17) is 9.72 Å². The molecule has 0 radical (unpaired) electrons. The number of rotatable bonds is 3. The third kappa shape index (κ3) is 3.92. The van der Waals surface area contributed by atoms with Crippen LogP contribution in [0.3, 0.4) is 0 Å². The maximum absolute atomic E-state index is 12.7. The zero-order chi connectivity index (χ0) is 17.8. The lowest BCUT2D eigenvalue weighted by Gasteiger charge is -2.38. The van der Waals surface area contributed by atoms with Crippen molar-refractivity contribution in [3.05, 3.63) is 12.3 Å². The molecule has 0 atom stereocenters. The Hall–Kier alpha value is -1.89. The second kappa shape index (κ2) is 8.20. The summed E-state index contributed by atoms with van der Waals surface area (Å²) in [5.74, 6) is 2.30. The number of anilines is 2. The fourth-order valence-corrected chi connectivity index (χ4v) is 4.12. The molecule has 7 heteroatoms. The lowest BCUT2D eigenvalue weighted by Crippen LogP contribution is -2.51. The van der Waals surface area contributed by atoms with E-state index >= 15 is 0 Å². The Morgan fingerprint density at radius 1 is 0.962 bits per heavy atom. The molecule has 3 saturated heterocycles. The number of hydrogen-bond donors (Lipinski definition) is 0. The van der Waals surface area contributed by atoms with Crippen molar-refractivity contribution in [1.29, 1.82) is 0 Å². The standard InChI is InChI=1S/C19H29N5O2/c25-18(16-5-14-26-15-6-16)23-12-10-22(11-13-23)17-4-7-20-19(21-17)24-8-2-1-3-9-24/h4,7,16H,1-3,5-6,8-15H2. The molecule has 0 unspecified atom stereocenters. The topological polar surface area (TPSA) is 61.8 Å². The van der Waals surface area contributed by atoms with Crippen molar-refractivity contribution in [3.63, 3.8) is 0 Å². The highest BCUT2D eigenvalue weighted by molar-refractivity contribution is 5.79. The van der Waals surface area contributed by atoms with Crippen LogP contribution in [0, 0.1) is 5.92 Å². The van der Waals surface area contributed by atoms with Crippen LogP contribution >= 0.6 is 0 Å². The molecule has 3 fully saturated rings. The van der Waals surface area contributed by atoms with Crippen LogP contribution in [-0.4, -0.2) is 73.3 Å². The summed E-state index contributed by atoms with van der Waals surface area (Å²) >= 11 is 0. The van der Waals surface area contributed by atoms with Gasteiger partial charge in [-0.25, -0.2) is 4.98 Å². The average Bonchev–Trinajstić information content (AvgIpc) is 2.75. The molecule has 0 spiro atoms. The molecule has 26 heavy (non-hydrogen) atoms. The number of carbonyl (C=O) groups is 1. The molecule has 0 aromatic carbocycles.